The van der Waals surface area contributed by atoms with Crippen LogP contribution in [-0.4, -0.2) is 91.2 Å². The van der Waals surface area contributed by atoms with Gasteiger partial charge < -0.3 is 34.4 Å². The first-order chi connectivity index (χ1) is 16.0. The molecule has 3 fully saturated rings. The predicted octanol–water partition coefficient (Wildman–Crippen LogP) is 2.24. The molecular formula is C24H35N3O6. The van der Waals surface area contributed by atoms with Crippen molar-refractivity contribution in [2.45, 2.75) is 62.9 Å². The lowest BCUT2D eigenvalue weighted by Crippen LogP contribution is -2.58. The highest BCUT2D eigenvalue weighted by Crippen LogP contribution is 2.29. The van der Waals surface area contributed by atoms with Crippen LogP contribution < -0.4 is 10.1 Å². The van der Waals surface area contributed by atoms with Crippen LogP contribution in [0.4, 0.5) is 10.5 Å². The average Bonchev–Trinajstić information content (AvgIpc) is 2.83. The number of nitrogens with zero attached hydrogens (tertiary/aromatic N) is 2. The molecule has 2 N–H and O–H groups in total. The molecule has 4 atom stereocenters. The van der Waals surface area contributed by atoms with Crippen LogP contribution in [0.5, 0.6) is 5.75 Å². The van der Waals surface area contributed by atoms with Crippen molar-refractivity contribution in [3.8, 4) is 5.75 Å². The molecule has 3 aliphatic heterocycles. The van der Waals surface area contributed by atoms with E-state index in [1.807, 2.05) is 4.90 Å². The van der Waals surface area contributed by atoms with E-state index in [1.165, 1.54) is 6.42 Å². The summed E-state index contributed by atoms with van der Waals surface area (Å²) in [7, 11) is 1.59. The normalized spacial score (nSPS) is 28.3. The molecule has 182 valence electrons. The number of ether oxygens (including phenoxy) is 3. The Morgan fingerprint density at radius 3 is 2.61 bits per heavy atom. The Morgan fingerprint density at radius 1 is 1.12 bits per heavy atom. The maximum atomic E-state index is 13.2. The first kappa shape index (κ1) is 23.8. The van der Waals surface area contributed by atoms with Crippen LogP contribution in [0.25, 0.3) is 0 Å². The molecule has 3 amide bonds. The summed E-state index contributed by atoms with van der Waals surface area (Å²) in [4.78, 5) is 29.5. The zero-order valence-corrected chi connectivity index (χ0v) is 19.3. The maximum absolute atomic E-state index is 13.2. The molecule has 1 aromatic rings. The topological polar surface area (TPSA) is 101 Å². The number of amides is 3. The third-order valence-corrected chi connectivity index (χ3v) is 6.69. The molecule has 4 rings (SSSR count). The quantitative estimate of drug-likeness (QED) is 0.713. The van der Waals surface area contributed by atoms with Crippen LogP contribution in [0.2, 0.25) is 0 Å². The monoisotopic (exact) mass is 461 g/mol. The van der Waals surface area contributed by atoms with Crippen molar-refractivity contribution in [2.24, 2.45) is 0 Å². The van der Waals surface area contributed by atoms with Gasteiger partial charge in [-0.25, -0.2) is 4.79 Å². The molecule has 3 aliphatic rings. The highest BCUT2D eigenvalue weighted by molar-refractivity contribution is 5.89. The standard InChI is InChI=1S/C24H35N3O6/c1-31-19-7-5-17(6-8-19)25-24(30)27-14-18(28)15-32-16-22-21(27)10-9-20(33-22)13-23(29)26-11-3-2-4-12-26/h5-8,18,20-22,28H,2-4,9-16H2,1H3,(H,25,30)/t18-,20+,21-,22+/m1/s1. The van der Waals surface area contributed by atoms with Gasteiger partial charge in [-0.3, -0.25) is 4.79 Å². The van der Waals surface area contributed by atoms with Gasteiger partial charge in [0.25, 0.3) is 0 Å². The number of β-amino-alcohol motifs (C(OH)–C–C–N with tert-alkyl or cyclic N) is 1. The molecule has 1 aromatic carbocycles. The molecule has 33 heavy (non-hydrogen) atoms. The van der Waals surface area contributed by atoms with E-state index in [9.17, 15) is 14.7 Å². The molecule has 0 aromatic heterocycles. The third-order valence-electron chi connectivity index (χ3n) is 6.69. The number of aliphatic hydroxyl groups excluding tert-OH is 1. The van der Waals surface area contributed by atoms with E-state index in [-0.39, 0.29) is 49.9 Å². The number of hydrogen-bond acceptors (Lipinski definition) is 6. The van der Waals surface area contributed by atoms with Gasteiger partial charge in [0.15, 0.2) is 0 Å². The lowest BCUT2D eigenvalue weighted by molar-refractivity contribution is -0.154. The summed E-state index contributed by atoms with van der Waals surface area (Å²) in [6.45, 7) is 2.23. The number of carbonyl (C=O) groups is 2. The van der Waals surface area contributed by atoms with Gasteiger partial charge in [0.2, 0.25) is 5.91 Å². The van der Waals surface area contributed by atoms with E-state index >= 15 is 0 Å². The van der Waals surface area contributed by atoms with Gasteiger partial charge in [0.1, 0.15) is 11.9 Å². The smallest absolute Gasteiger partial charge is 0.322 e. The molecule has 0 aliphatic carbocycles. The molecule has 9 heteroatoms. The Labute approximate surface area is 195 Å². The number of methoxy groups -OCH3 is 1. The predicted molar refractivity (Wildman–Crippen MR) is 122 cm³/mol. The summed E-state index contributed by atoms with van der Waals surface area (Å²) in [5, 5.41) is 13.2. The molecule has 0 unspecified atom stereocenters. The number of rotatable bonds is 4. The molecule has 0 saturated carbocycles. The Morgan fingerprint density at radius 2 is 1.88 bits per heavy atom. The van der Waals surface area contributed by atoms with Gasteiger partial charge in [-0.15, -0.1) is 0 Å². The largest absolute Gasteiger partial charge is 0.497 e. The number of fused-ring (bicyclic) bond motifs is 1. The lowest BCUT2D eigenvalue weighted by atomic mass is 9.94. The molecule has 3 heterocycles. The van der Waals surface area contributed by atoms with Crippen LogP contribution in [0.15, 0.2) is 24.3 Å². The first-order valence-electron chi connectivity index (χ1n) is 11.9. The molecule has 9 nitrogen and oxygen atoms in total. The van der Waals surface area contributed by atoms with Gasteiger partial charge >= 0.3 is 6.03 Å². The van der Waals surface area contributed by atoms with Crippen LogP contribution in [-0.2, 0) is 14.3 Å². The molecule has 0 bridgehead atoms. The van der Waals surface area contributed by atoms with E-state index in [4.69, 9.17) is 14.2 Å². The van der Waals surface area contributed by atoms with Crippen molar-refractivity contribution in [3.63, 3.8) is 0 Å². The number of nitrogens with one attached hydrogen (secondary N) is 1. The summed E-state index contributed by atoms with van der Waals surface area (Å²) in [5.41, 5.74) is 0.645. The van der Waals surface area contributed by atoms with E-state index in [0.717, 1.165) is 25.9 Å². The fraction of sp³-hybridized carbons (Fsp3) is 0.667. The van der Waals surface area contributed by atoms with E-state index < -0.39 is 6.10 Å². The Bertz CT molecular complexity index is 798. The number of aliphatic hydroxyl groups is 1. The van der Waals surface area contributed by atoms with Gasteiger partial charge in [-0.05, 0) is 56.4 Å². The fourth-order valence-electron chi connectivity index (χ4n) is 4.91. The zero-order chi connectivity index (χ0) is 23.2. The van der Waals surface area contributed by atoms with Crippen molar-refractivity contribution >= 4 is 17.6 Å². The fourth-order valence-corrected chi connectivity index (χ4v) is 4.91. The van der Waals surface area contributed by atoms with E-state index in [0.29, 0.717) is 30.7 Å². The Balaban J connectivity index is 1.40. The van der Waals surface area contributed by atoms with Crippen molar-refractivity contribution in [3.05, 3.63) is 24.3 Å². The van der Waals surface area contributed by atoms with Crippen LogP contribution in [0.3, 0.4) is 0 Å². The van der Waals surface area contributed by atoms with Crippen molar-refractivity contribution in [2.75, 3.05) is 45.3 Å². The molecule has 0 radical (unpaired) electrons. The second-order valence-corrected chi connectivity index (χ2v) is 9.09. The minimum Gasteiger partial charge on any atom is -0.497 e. The van der Waals surface area contributed by atoms with Crippen molar-refractivity contribution < 1.29 is 28.9 Å². The summed E-state index contributed by atoms with van der Waals surface area (Å²) >= 11 is 0. The number of carbonyl (C=O) groups excluding carboxylic acids is 2. The van der Waals surface area contributed by atoms with E-state index in [1.54, 1.807) is 36.3 Å². The molecule has 3 saturated heterocycles. The lowest BCUT2D eigenvalue weighted by Gasteiger charge is -2.44. The second kappa shape index (κ2) is 11.2. The van der Waals surface area contributed by atoms with Crippen LogP contribution in [0.1, 0.15) is 38.5 Å². The summed E-state index contributed by atoms with van der Waals surface area (Å²) in [6.07, 6.45) is 3.76. The minimum absolute atomic E-state index is 0.135. The number of piperidine rings is 1. The number of likely N-dealkylation sites (tertiary alicyclic amines) is 1. The number of urea groups is 1. The van der Waals surface area contributed by atoms with Gasteiger partial charge in [-0.2, -0.15) is 0 Å². The van der Waals surface area contributed by atoms with E-state index in [2.05, 4.69) is 5.32 Å². The zero-order valence-electron chi connectivity index (χ0n) is 19.3. The van der Waals surface area contributed by atoms with Gasteiger partial charge in [-0.1, -0.05) is 0 Å². The van der Waals surface area contributed by atoms with Gasteiger partial charge in [0, 0.05) is 18.8 Å². The third kappa shape index (κ3) is 6.16. The number of benzene rings is 1. The molecular weight excluding hydrogens is 426 g/mol. The number of anilines is 1. The summed E-state index contributed by atoms with van der Waals surface area (Å²) in [5.74, 6) is 0.854. The SMILES string of the molecule is COc1ccc(NC(=O)N2C[C@@H](O)COC[C@@H]3O[C@H](CC(=O)N4CCCCC4)CC[C@H]32)cc1. The highest BCUT2D eigenvalue weighted by atomic mass is 16.5. The van der Waals surface area contributed by atoms with Gasteiger partial charge in [0.05, 0.1) is 51.5 Å². The Kier molecular flexibility index (Phi) is 8.06. The van der Waals surface area contributed by atoms with Crippen LogP contribution >= 0.6 is 0 Å². The summed E-state index contributed by atoms with van der Waals surface area (Å²) in [6, 6.07) is 6.58. The highest BCUT2D eigenvalue weighted by Gasteiger charge is 2.40. The van der Waals surface area contributed by atoms with Crippen molar-refractivity contribution in [1.29, 1.82) is 0 Å². The second-order valence-electron chi connectivity index (χ2n) is 9.09. The number of hydrogen-bond donors (Lipinski definition) is 2. The minimum atomic E-state index is -0.772. The Hall–Kier alpha value is -2.36. The summed E-state index contributed by atoms with van der Waals surface area (Å²) < 4.78 is 17.1. The van der Waals surface area contributed by atoms with Crippen LogP contribution in [0, 0.1) is 0 Å². The molecule has 0 spiro atoms. The maximum Gasteiger partial charge on any atom is 0.322 e. The van der Waals surface area contributed by atoms with Crippen molar-refractivity contribution in [1.82, 2.24) is 9.80 Å². The average molecular weight is 462 g/mol. The first-order valence-corrected chi connectivity index (χ1v) is 11.9.